The molecule has 1 N–H and O–H groups in total. The van der Waals surface area contributed by atoms with Crippen molar-refractivity contribution < 1.29 is 17.9 Å². The molecular weight excluding hydrogens is 301 g/mol. The highest BCUT2D eigenvalue weighted by atomic mass is 32.1. The van der Waals surface area contributed by atoms with Crippen molar-refractivity contribution in [3.8, 4) is 5.75 Å². The van der Waals surface area contributed by atoms with Crippen LogP contribution in [-0.2, 0) is 19.3 Å². The third-order valence-electron chi connectivity index (χ3n) is 2.77. The molecule has 21 heavy (non-hydrogen) atoms. The summed E-state index contributed by atoms with van der Waals surface area (Å²) >= 11 is 1.44. The summed E-state index contributed by atoms with van der Waals surface area (Å²) in [6.45, 7) is 2.23. The molecule has 0 amide bonds. The van der Waals surface area contributed by atoms with Crippen LogP contribution in [0.4, 0.5) is 13.2 Å². The normalized spacial score (nSPS) is 11.7. The molecule has 3 nitrogen and oxygen atoms in total. The molecule has 0 aliphatic carbocycles. The minimum atomic E-state index is -4.45. The number of alkyl halides is 3. The number of benzene rings is 1. The number of thiazole rings is 1. The molecule has 0 aliphatic rings. The fourth-order valence-electron chi connectivity index (χ4n) is 1.86. The van der Waals surface area contributed by atoms with Crippen molar-refractivity contribution in [2.75, 3.05) is 7.05 Å². The number of aromatic nitrogens is 1. The molecule has 0 bridgehead atoms. The first-order chi connectivity index (χ1) is 9.90. The smallest absolute Gasteiger partial charge is 0.419 e. The highest BCUT2D eigenvalue weighted by molar-refractivity contribution is 7.09. The Balaban J connectivity index is 2.21. The van der Waals surface area contributed by atoms with Crippen LogP contribution in [0.1, 0.15) is 21.8 Å². The summed E-state index contributed by atoms with van der Waals surface area (Å²) in [6, 6.07) is 4.08. The molecule has 0 unspecified atom stereocenters. The van der Waals surface area contributed by atoms with Gasteiger partial charge in [0.15, 0.2) is 0 Å². The molecule has 0 radical (unpaired) electrons. The zero-order valence-corrected chi connectivity index (χ0v) is 12.4. The van der Waals surface area contributed by atoms with Crippen LogP contribution < -0.4 is 10.1 Å². The number of halogens is 3. The van der Waals surface area contributed by atoms with E-state index in [1.807, 2.05) is 6.92 Å². The van der Waals surface area contributed by atoms with Crippen molar-refractivity contribution in [1.82, 2.24) is 10.3 Å². The minimum absolute atomic E-state index is 0.0266. The molecule has 1 heterocycles. The fraction of sp³-hybridized carbons (Fsp3) is 0.357. The van der Waals surface area contributed by atoms with Gasteiger partial charge in [-0.2, -0.15) is 13.2 Å². The van der Waals surface area contributed by atoms with E-state index < -0.39 is 11.7 Å². The monoisotopic (exact) mass is 316 g/mol. The second kappa shape index (κ2) is 6.44. The first kappa shape index (κ1) is 15.8. The number of aryl methyl sites for hydroxylation is 1. The average molecular weight is 316 g/mol. The third kappa shape index (κ3) is 4.18. The van der Waals surface area contributed by atoms with Gasteiger partial charge in [-0.15, -0.1) is 11.3 Å². The largest absolute Gasteiger partial charge is 0.487 e. The van der Waals surface area contributed by atoms with E-state index in [-0.39, 0.29) is 12.4 Å². The molecule has 1 aromatic carbocycles. The van der Waals surface area contributed by atoms with Crippen molar-refractivity contribution in [2.24, 2.45) is 0 Å². The van der Waals surface area contributed by atoms with Crippen molar-refractivity contribution in [1.29, 1.82) is 0 Å². The van der Waals surface area contributed by atoms with E-state index in [9.17, 15) is 13.2 Å². The van der Waals surface area contributed by atoms with Gasteiger partial charge < -0.3 is 10.1 Å². The Hall–Kier alpha value is -1.60. The van der Waals surface area contributed by atoms with Crippen molar-refractivity contribution in [3.63, 3.8) is 0 Å². The molecule has 0 spiro atoms. The Bertz CT molecular complexity index is 611. The van der Waals surface area contributed by atoms with Gasteiger partial charge in [0, 0.05) is 11.9 Å². The number of hydrogen-bond donors (Lipinski definition) is 1. The zero-order chi connectivity index (χ0) is 15.5. The molecule has 0 saturated carbocycles. The van der Waals surface area contributed by atoms with Gasteiger partial charge in [0.2, 0.25) is 0 Å². The lowest BCUT2D eigenvalue weighted by Crippen LogP contribution is -2.12. The lowest BCUT2D eigenvalue weighted by Gasteiger charge is -2.15. The molecule has 1 aromatic heterocycles. The molecule has 2 aromatic rings. The maximum Gasteiger partial charge on any atom is 0.419 e. The van der Waals surface area contributed by atoms with Crippen LogP contribution in [0.3, 0.4) is 0 Å². The molecule has 2 rings (SSSR count). The first-order valence-corrected chi connectivity index (χ1v) is 7.16. The van der Waals surface area contributed by atoms with Gasteiger partial charge in [-0.3, -0.25) is 0 Å². The predicted octanol–water partition coefficient (Wildman–Crippen LogP) is 3.77. The fourth-order valence-corrected chi connectivity index (χ4v) is 2.46. The Morgan fingerprint density at radius 1 is 1.33 bits per heavy atom. The summed E-state index contributed by atoms with van der Waals surface area (Å²) in [5, 5.41) is 5.46. The van der Waals surface area contributed by atoms with Gasteiger partial charge in [-0.25, -0.2) is 4.98 Å². The van der Waals surface area contributed by atoms with E-state index in [1.54, 1.807) is 18.5 Å². The van der Waals surface area contributed by atoms with E-state index >= 15 is 0 Å². The summed E-state index contributed by atoms with van der Waals surface area (Å²) < 4.78 is 44.6. The second-order valence-corrected chi connectivity index (χ2v) is 5.57. The van der Waals surface area contributed by atoms with Crippen LogP contribution in [0.2, 0.25) is 0 Å². The van der Waals surface area contributed by atoms with Crippen LogP contribution in [-0.4, -0.2) is 12.0 Å². The van der Waals surface area contributed by atoms with E-state index in [0.29, 0.717) is 17.8 Å². The van der Waals surface area contributed by atoms with Gasteiger partial charge in [-0.1, -0.05) is 6.07 Å². The summed E-state index contributed by atoms with van der Waals surface area (Å²) in [6.07, 6.45) is -4.45. The lowest BCUT2D eigenvalue weighted by atomic mass is 10.1. The molecule has 0 atom stereocenters. The molecule has 7 heteroatoms. The topological polar surface area (TPSA) is 34.1 Å². The number of hydrogen-bond acceptors (Lipinski definition) is 4. The quantitative estimate of drug-likeness (QED) is 0.912. The molecule has 0 fully saturated rings. The summed E-state index contributed by atoms with van der Waals surface area (Å²) in [4.78, 5) is 4.17. The molecule has 114 valence electrons. The number of rotatable bonds is 5. The molecular formula is C14H15F3N2OS. The third-order valence-corrected chi connectivity index (χ3v) is 3.59. The van der Waals surface area contributed by atoms with Crippen LogP contribution in [0, 0.1) is 6.92 Å². The summed E-state index contributed by atoms with van der Waals surface area (Å²) in [5.41, 5.74) is 0.425. The zero-order valence-electron chi connectivity index (χ0n) is 11.6. The summed E-state index contributed by atoms with van der Waals surface area (Å²) in [7, 11) is 1.68. The Morgan fingerprint density at radius 2 is 2.10 bits per heavy atom. The van der Waals surface area contributed by atoms with E-state index in [0.717, 1.165) is 11.1 Å². The van der Waals surface area contributed by atoms with Gasteiger partial charge in [-0.05, 0) is 31.7 Å². The van der Waals surface area contributed by atoms with Crippen LogP contribution in [0.5, 0.6) is 5.75 Å². The van der Waals surface area contributed by atoms with E-state index in [2.05, 4.69) is 10.3 Å². The Labute approximate surface area is 124 Å². The van der Waals surface area contributed by atoms with Gasteiger partial charge >= 0.3 is 6.18 Å². The maximum atomic E-state index is 13.1. The second-order valence-electron chi connectivity index (χ2n) is 4.51. The molecule has 0 aliphatic heterocycles. The van der Waals surface area contributed by atoms with Gasteiger partial charge in [0.1, 0.15) is 12.4 Å². The number of nitrogens with zero attached hydrogens (tertiary/aromatic N) is 1. The number of nitrogens with one attached hydrogen (secondary N) is 1. The van der Waals surface area contributed by atoms with E-state index in [1.165, 1.54) is 17.4 Å². The lowest BCUT2D eigenvalue weighted by molar-refractivity contribution is -0.139. The number of ether oxygens (including phenoxy) is 1. The highest BCUT2D eigenvalue weighted by Crippen LogP contribution is 2.37. The highest BCUT2D eigenvalue weighted by Gasteiger charge is 2.34. The van der Waals surface area contributed by atoms with Gasteiger partial charge in [0.25, 0.3) is 0 Å². The van der Waals surface area contributed by atoms with Crippen molar-refractivity contribution in [2.45, 2.75) is 26.3 Å². The summed E-state index contributed by atoms with van der Waals surface area (Å²) in [5.74, 6) is -0.173. The van der Waals surface area contributed by atoms with Crippen LogP contribution >= 0.6 is 11.3 Å². The SMILES string of the molecule is CNCc1ccc(OCc2csc(C)n2)c(C(F)(F)F)c1. The maximum absolute atomic E-state index is 13.1. The van der Waals surface area contributed by atoms with Gasteiger partial charge in [0.05, 0.1) is 16.3 Å². The standard InChI is InChI=1S/C14H15F3N2OS/c1-9-19-11(8-21-9)7-20-13-4-3-10(6-18-2)5-12(13)14(15,16)17/h3-5,8,18H,6-7H2,1-2H3. The van der Waals surface area contributed by atoms with Crippen molar-refractivity contribution >= 4 is 11.3 Å². The Morgan fingerprint density at radius 3 is 2.67 bits per heavy atom. The van der Waals surface area contributed by atoms with E-state index in [4.69, 9.17) is 4.74 Å². The average Bonchev–Trinajstić information content (AvgIpc) is 2.82. The van der Waals surface area contributed by atoms with Crippen molar-refractivity contribution in [3.05, 3.63) is 45.4 Å². The van der Waals surface area contributed by atoms with Crippen LogP contribution in [0.25, 0.3) is 0 Å². The first-order valence-electron chi connectivity index (χ1n) is 6.28. The minimum Gasteiger partial charge on any atom is -0.487 e. The Kier molecular flexibility index (Phi) is 4.84. The predicted molar refractivity (Wildman–Crippen MR) is 75.4 cm³/mol. The molecule has 0 saturated heterocycles. The van der Waals surface area contributed by atoms with Crippen LogP contribution in [0.15, 0.2) is 23.6 Å².